The van der Waals surface area contributed by atoms with Crippen molar-refractivity contribution in [1.82, 2.24) is 0 Å². The van der Waals surface area contributed by atoms with Gasteiger partial charge in [0.15, 0.2) is 0 Å². The fourth-order valence-electron chi connectivity index (χ4n) is 1.96. The van der Waals surface area contributed by atoms with Crippen LogP contribution in [0.3, 0.4) is 0 Å². The van der Waals surface area contributed by atoms with Crippen molar-refractivity contribution >= 4 is 27.3 Å². The zero-order valence-corrected chi connectivity index (χ0v) is 12.7. The number of hydrogen-bond donors (Lipinski definition) is 1. The van der Waals surface area contributed by atoms with Crippen LogP contribution >= 0.6 is 27.3 Å². The summed E-state index contributed by atoms with van der Waals surface area (Å²) in [7, 11) is 0. The third-order valence-corrected chi connectivity index (χ3v) is 4.19. The smallest absolute Gasteiger partial charge is 0.388 e. The van der Waals surface area contributed by atoms with E-state index in [9.17, 15) is 18.3 Å². The number of aliphatic hydroxyl groups is 1. The number of rotatable bonds is 4. The summed E-state index contributed by atoms with van der Waals surface area (Å²) in [6, 6.07) is 5.75. The molecule has 1 heterocycles. The van der Waals surface area contributed by atoms with Crippen LogP contribution in [0.25, 0.3) is 0 Å². The van der Waals surface area contributed by atoms with Gasteiger partial charge in [0, 0.05) is 4.47 Å². The van der Waals surface area contributed by atoms with Gasteiger partial charge in [0.1, 0.15) is 0 Å². The van der Waals surface area contributed by atoms with E-state index >= 15 is 0 Å². The summed E-state index contributed by atoms with van der Waals surface area (Å²) in [5.41, 5.74) is 0.167. The maximum atomic E-state index is 13.0. The van der Waals surface area contributed by atoms with E-state index in [1.165, 1.54) is 23.5 Å². The van der Waals surface area contributed by atoms with Gasteiger partial charge in [0.25, 0.3) is 0 Å². The normalized spacial score (nSPS) is 13.4. The molecule has 0 fully saturated rings. The second kappa shape index (κ2) is 6.28. The number of benzene rings is 1. The Kier molecular flexibility index (Phi) is 4.88. The summed E-state index contributed by atoms with van der Waals surface area (Å²) < 4.78 is 39.3. The van der Waals surface area contributed by atoms with Crippen molar-refractivity contribution in [3.05, 3.63) is 56.2 Å². The van der Waals surface area contributed by atoms with Crippen molar-refractivity contribution in [1.29, 1.82) is 0 Å². The highest BCUT2D eigenvalue weighted by Gasteiger charge is 2.35. The van der Waals surface area contributed by atoms with E-state index < -0.39 is 17.8 Å². The molecule has 1 unspecified atom stereocenters. The lowest BCUT2D eigenvalue weighted by molar-refractivity contribution is -0.139. The van der Waals surface area contributed by atoms with Crippen LogP contribution in [0.4, 0.5) is 13.2 Å². The van der Waals surface area contributed by atoms with Gasteiger partial charge in [0.2, 0.25) is 0 Å². The topological polar surface area (TPSA) is 20.2 Å². The molecule has 2 rings (SSSR count). The first-order valence-corrected chi connectivity index (χ1v) is 7.67. The van der Waals surface area contributed by atoms with Crippen LogP contribution in [0.5, 0.6) is 0 Å². The number of aliphatic hydroxyl groups excluding tert-OH is 1. The summed E-state index contributed by atoms with van der Waals surface area (Å²) in [6.07, 6.45) is -4.78. The maximum Gasteiger partial charge on any atom is 0.416 e. The molecule has 108 valence electrons. The Morgan fingerprint density at radius 3 is 2.60 bits per heavy atom. The van der Waals surface area contributed by atoms with Crippen LogP contribution in [0, 0.1) is 0 Å². The van der Waals surface area contributed by atoms with Crippen molar-refractivity contribution < 1.29 is 18.3 Å². The van der Waals surface area contributed by atoms with E-state index in [0.29, 0.717) is 10.9 Å². The second-order valence-electron chi connectivity index (χ2n) is 4.42. The molecule has 0 saturated carbocycles. The largest absolute Gasteiger partial charge is 0.416 e. The molecule has 0 saturated heterocycles. The first-order valence-electron chi connectivity index (χ1n) is 5.93. The molecular weight excluding hydrogens is 353 g/mol. The molecule has 1 atom stereocenters. The van der Waals surface area contributed by atoms with Crippen molar-refractivity contribution in [2.24, 2.45) is 0 Å². The SMILES string of the molecule is OC(CCc1ccsc1)c1ccc(Br)cc1C(F)(F)F. The lowest BCUT2D eigenvalue weighted by Gasteiger charge is -2.17. The predicted octanol–water partition coefficient (Wildman–Crippen LogP) is 5.20. The highest BCUT2D eigenvalue weighted by molar-refractivity contribution is 9.10. The third kappa shape index (κ3) is 3.84. The van der Waals surface area contributed by atoms with Crippen LogP contribution in [-0.2, 0) is 12.6 Å². The zero-order chi connectivity index (χ0) is 14.8. The van der Waals surface area contributed by atoms with Gasteiger partial charge in [-0.3, -0.25) is 0 Å². The molecule has 0 aliphatic rings. The van der Waals surface area contributed by atoms with E-state index in [1.54, 1.807) is 0 Å². The molecule has 6 heteroatoms. The molecule has 1 aromatic heterocycles. The number of alkyl halides is 3. The van der Waals surface area contributed by atoms with Crippen LogP contribution in [0.1, 0.15) is 29.2 Å². The molecular formula is C14H12BrF3OS. The Labute approximate surface area is 127 Å². The molecule has 0 aliphatic heterocycles. The quantitative estimate of drug-likeness (QED) is 0.790. The molecule has 0 bridgehead atoms. The van der Waals surface area contributed by atoms with Crippen molar-refractivity contribution in [3.63, 3.8) is 0 Å². The van der Waals surface area contributed by atoms with E-state index in [-0.39, 0.29) is 12.0 Å². The van der Waals surface area contributed by atoms with Gasteiger partial charge in [-0.1, -0.05) is 22.0 Å². The summed E-state index contributed by atoms with van der Waals surface area (Å²) in [5, 5.41) is 13.9. The molecule has 0 aliphatic carbocycles. The first-order chi connectivity index (χ1) is 9.38. The minimum absolute atomic E-state index is 0.0732. The molecule has 2 aromatic rings. The molecule has 1 aromatic carbocycles. The van der Waals surface area contributed by atoms with Crippen LogP contribution in [0.15, 0.2) is 39.5 Å². The Morgan fingerprint density at radius 1 is 1.25 bits per heavy atom. The number of halogens is 4. The minimum Gasteiger partial charge on any atom is -0.388 e. The third-order valence-electron chi connectivity index (χ3n) is 2.97. The molecule has 0 spiro atoms. The van der Waals surface area contributed by atoms with Crippen molar-refractivity contribution in [3.8, 4) is 0 Å². The standard InChI is InChI=1S/C14H12BrF3OS/c15-10-2-3-11(12(7-10)14(16,17)18)13(19)4-1-9-5-6-20-8-9/h2-3,5-8,13,19H,1,4H2. The van der Waals surface area contributed by atoms with E-state index in [1.807, 2.05) is 16.8 Å². The second-order valence-corrected chi connectivity index (χ2v) is 6.11. The van der Waals surface area contributed by atoms with Crippen LogP contribution in [-0.4, -0.2) is 5.11 Å². The summed E-state index contributed by atoms with van der Waals surface area (Å²) in [5.74, 6) is 0. The van der Waals surface area contributed by atoms with Crippen molar-refractivity contribution in [2.45, 2.75) is 25.1 Å². The van der Waals surface area contributed by atoms with Crippen molar-refractivity contribution in [2.75, 3.05) is 0 Å². The lowest BCUT2D eigenvalue weighted by atomic mass is 9.97. The average molecular weight is 365 g/mol. The maximum absolute atomic E-state index is 13.0. The molecule has 0 amide bonds. The summed E-state index contributed by atoms with van der Waals surface area (Å²) in [4.78, 5) is 0. The van der Waals surface area contributed by atoms with Gasteiger partial charge in [0.05, 0.1) is 11.7 Å². The fraction of sp³-hybridized carbons (Fsp3) is 0.286. The number of thiophene rings is 1. The average Bonchev–Trinajstić information content (AvgIpc) is 2.88. The Balaban J connectivity index is 2.18. The van der Waals surface area contributed by atoms with E-state index in [0.717, 1.165) is 11.6 Å². The minimum atomic E-state index is -4.47. The summed E-state index contributed by atoms with van der Waals surface area (Å²) in [6.45, 7) is 0. The van der Waals surface area contributed by atoms with Gasteiger partial charge in [-0.05, 0) is 52.9 Å². The first kappa shape index (κ1) is 15.5. The number of aryl methyl sites for hydroxylation is 1. The predicted molar refractivity (Wildman–Crippen MR) is 76.7 cm³/mol. The van der Waals surface area contributed by atoms with E-state index in [2.05, 4.69) is 15.9 Å². The Morgan fingerprint density at radius 2 is 2.00 bits per heavy atom. The van der Waals surface area contributed by atoms with Gasteiger partial charge in [-0.2, -0.15) is 24.5 Å². The Hall–Kier alpha value is -0.850. The molecule has 0 radical (unpaired) electrons. The van der Waals surface area contributed by atoms with Gasteiger partial charge < -0.3 is 5.11 Å². The fourth-order valence-corrected chi connectivity index (χ4v) is 3.02. The molecule has 20 heavy (non-hydrogen) atoms. The lowest BCUT2D eigenvalue weighted by Crippen LogP contribution is -2.12. The van der Waals surface area contributed by atoms with E-state index in [4.69, 9.17) is 0 Å². The summed E-state index contributed by atoms with van der Waals surface area (Å²) >= 11 is 4.56. The highest BCUT2D eigenvalue weighted by Crippen LogP contribution is 2.37. The molecule has 1 N–H and O–H groups in total. The molecule has 1 nitrogen and oxygen atoms in total. The Bertz CT molecular complexity index is 566. The van der Waals surface area contributed by atoms with Gasteiger partial charge in [-0.15, -0.1) is 0 Å². The number of hydrogen-bond acceptors (Lipinski definition) is 2. The highest BCUT2D eigenvalue weighted by atomic mass is 79.9. The monoisotopic (exact) mass is 364 g/mol. The van der Waals surface area contributed by atoms with Crippen LogP contribution in [0.2, 0.25) is 0 Å². The zero-order valence-electron chi connectivity index (χ0n) is 10.3. The van der Waals surface area contributed by atoms with Gasteiger partial charge >= 0.3 is 6.18 Å². The van der Waals surface area contributed by atoms with Gasteiger partial charge in [-0.25, -0.2) is 0 Å². The van der Waals surface area contributed by atoms with Crippen LogP contribution < -0.4 is 0 Å².